The molecule has 3 heteroatoms. The standard InChI is InChI=1S/C24H50N2O/c1-4-7-8-9-10-11-12-13-14-15-16-17-18-19-22(5-2)24(6-3,20-21-25)23(26)27/h22H,4-21,25H2,1-3H3,(H2,26,27). The van der Waals surface area contributed by atoms with Crippen LogP contribution in [0.3, 0.4) is 0 Å². The number of carbonyl (C=O) groups excluding carboxylic acids is 1. The summed E-state index contributed by atoms with van der Waals surface area (Å²) in [6.45, 7) is 7.11. The van der Waals surface area contributed by atoms with Gasteiger partial charge in [0.15, 0.2) is 0 Å². The van der Waals surface area contributed by atoms with Crippen molar-refractivity contribution in [3.8, 4) is 0 Å². The normalized spacial score (nSPS) is 14.8. The maximum atomic E-state index is 12.1. The van der Waals surface area contributed by atoms with E-state index in [9.17, 15) is 4.79 Å². The van der Waals surface area contributed by atoms with Crippen molar-refractivity contribution in [2.24, 2.45) is 22.8 Å². The van der Waals surface area contributed by atoms with Crippen LogP contribution in [-0.4, -0.2) is 12.5 Å². The van der Waals surface area contributed by atoms with E-state index in [2.05, 4.69) is 20.8 Å². The zero-order chi connectivity index (χ0) is 20.4. The number of rotatable bonds is 20. The zero-order valence-electron chi connectivity index (χ0n) is 18.9. The number of primary amides is 1. The van der Waals surface area contributed by atoms with E-state index >= 15 is 0 Å². The number of amides is 1. The average molecular weight is 383 g/mol. The van der Waals surface area contributed by atoms with Gasteiger partial charge in [-0.05, 0) is 31.7 Å². The molecule has 0 aromatic carbocycles. The highest BCUT2D eigenvalue weighted by Gasteiger charge is 2.40. The van der Waals surface area contributed by atoms with E-state index in [1.807, 2.05) is 0 Å². The van der Waals surface area contributed by atoms with Crippen LogP contribution in [0.1, 0.15) is 130 Å². The molecule has 0 fully saturated rings. The van der Waals surface area contributed by atoms with Gasteiger partial charge in [-0.25, -0.2) is 0 Å². The molecule has 2 atom stereocenters. The van der Waals surface area contributed by atoms with E-state index < -0.39 is 0 Å². The largest absolute Gasteiger partial charge is 0.369 e. The summed E-state index contributed by atoms with van der Waals surface area (Å²) in [6.07, 6.45) is 21.6. The van der Waals surface area contributed by atoms with E-state index in [4.69, 9.17) is 11.5 Å². The lowest BCUT2D eigenvalue weighted by atomic mass is 9.67. The second-order valence-electron chi connectivity index (χ2n) is 8.55. The summed E-state index contributed by atoms with van der Waals surface area (Å²) in [5, 5.41) is 0. The molecule has 0 heterocycles. The zero-order valence-corrected chi connectivity index (χ0v) is 18.9. The minimum Gasteiger partial charge on any atom is -0.369 e. The average Bonchev–Trinajstić information content (AvgIpc) is 2.66. The minimum atomic E-state index is -0.388. The molecular weight excluding hydrogens is 332 g/mol. The summed E-state index contributed by atoms with van der Waals surface area (Å²) < 4.78 is 0. The molecule has 3 nitrogen and oxygen atoms in total. The van der Waals surface area contributed by atoms with E-state index in [0.717, 1.165) is 25.7 Å². The molecule has 27 heavy (non-hydrogen) atoms. The van der Waals surface area contributed by atoms with Crippen molar-refractivity contribution in [2.75, 3.05) is 6.54 Å². The predicted molar refractivity (Wildman–Crippen MR) is 120 cm³/mol. The fourth-order valence-electron chi connectivity index (χ4n) is 4.71. The van der Waals surface area contributed by atoms with Crippen molar-refractivity contribution in [3.05, 3.63) is 0 Å². The molecule has 0 radical (unpaired) electrons. The van der Waals surface area contributed by atoms with Crippen molar-refractivity contribution in [3.63, 3.8) is 0 Å². The Morgan fingerprint density at radius 3 is 1.56 bits per heavy atom. The highest BCUT2D eigenvalue weighted by molar-refractivity contribution is 5.81. The lowest BCUT2D eigenvalue weighted by Crippen LogP contribution is -2.44. The second kappa shape index (κ2) is 17.5. The first-order valence-electron chi connectivity index (χ1n) is 12.1. The van der Waals surface area contributed by atoms with Crippen molar-refractivity contribution in [2.45, 2.75) is 130 Å². The smallest absolute Gasteiger partial charge is 0.223 e. The van der Waals surface area contributed by atoms with Crippen molar-refractivity contribution >= 4 is 5.91 Å². The van der Waals surface area contributed by atoms with Crippen LogP contribution in [-0.2, 0) is 4.79 Å². The number of hydrogen-bond donors (Lipinski definition) is 2. The van der Waals surface area contributed by atoms with Crippen LogP contribution in [0.15, 0.2) is 0 Å². The minimum absolute atomic E-state index is 0.142. The maximum Gasteiger partial charge on any atom is 0.223 e. The number of nitrogens with two attached hydrogens (primary N) is 2. The summed E-state index contributed by atoms with van der Waals surface area (Å²) in [5.41, 5.74) is 11.2. The highest BCUT2D eigenvalue weighted by Crippen LogP contribution is 2.40. The number of carbonyl (C=O) groups is 1. The predicted octanol–water partition coefficient (Wildman–Crippen LogP) is 6.72. The molecule has 0 aliphatic heterocycles. The Morgan fingerprint density at radius 1 is 0.778 bits per heavy atom. The molecule has 0 spiro atoms. The lowest BCUT2D eigenvalue weighted by Gasteiger charge is -2.37. The van der Waals surface area contributed by atoms with Gasteiger partial charge in [-0.15, -0.1) is 0 Å². The Hall–Kier alpha value is -0.570. The van der Waals surface area contributed by atoms with Crippen LogP contribution in [0.4, 0.5) is 0 Å². The van der Waals surface area contributed by atoms with Crippen LogP contribution in [0.5, 0.6) is 0 Å². The van der Waals surface area contributed by atoms with Gasteiger partial charge in [0.25, 0.3) is 0 Å². The molecule has 1 amide bonds. The van der Waals surface area contributed by atoms with Crippen LogP contribution < -0.4 is 11.5 Å². The van der Waals surface area contributed by atoms with Gasteiger partial charge in [-0.1, -0.05) is 111 Å². The monoisotopic (exact) mass is 382 g/mol. The molecule has 0 aliphatic carbocycles. The Balaban J connectivity index is 3.81. The van der Waals surface area contributed by atoms with Crippen molar-refractivity contribution < 1.29 is 4.79 Å². The maximum absolute atomic E-state index is 12.1. The summed E-state index contributed by atoms with van der Waals surface area (Å²) in [4.78, 5) is 12.1. The first-order chi connectivity index (χ1) is 13.1. The Bertz CT molecular complexity index is 345. The van der Waals surface area contributed by atoms with Gasteiger partial charge < -0.3 is 11.5 Å². The summed E-state index contributed by atoms with van der Waals surface area (Å²) >= 11 is 0. The summed E-state index contributed by atoms with van der Waals surface area (Å²) in [5.74, 6) is 0.244. The molecule has 0 aromatic rings. The lowest BCUT2D eigenvalue weighted by molar-refractivity contribution is -0.132. The highest BCUT2D eigenvalue weighted by atomic mass is 16.1. The fraction of sp³-hybridized carbons (Fsp3) is 0.958. The van der Waals surface area contributed by atoms with Gasteiger partial charge in [0.2, 0.25) is 5.91 Å². The molecule has 0 saturated heterocycles. The number of hydrogen-bond acceptors (Lipinski definition) is 2. The molecule has 0 aliphatic rings. The van der Waals surface area contributed by atoms with Crippen LogP contribution >= 0.6 is 0 Å². The van der Waals surface area contributed by atoms with Gasteiger partial charge in [-0.2, -0.15) is 0 Å². The third kappa shape index (κ3) is 11.1. The molecule has 0 rings (SSSR count). The first kappa shape index (κ1) is 26.4. The Labute approximate surface area is 170 Å². The van der Waals surface area contributed by atoms with Gasteiger partial charge >= 0.3 is 0 Å². The molecule has 0 bridgehead atoms. The van der Waals surface area contributed by atoms with Gasteiger partial charge in [0, 0.05) is 0 Å². The van der Waals surface area contributed by atoms with Crippen molar-refractivity contribution in [1.29, 1.82) is 0 Å². The van der Waals surface area contributed by atoms with E-state index in [1.165, 1.54) is 83.5 Å². The van der Waals surface area contributed by atoms with Crippen LogP contribution in [0, 0.1) is 11.3 Å². The molecule has 0 aromatic heterocycles. The van der Waals surface area contributed by atoms with E-state index in [1.54, 1.807) is 0 Å². The molecular formula is C24H50N2O. The van der Waals surface area contributed by atoms with Gasteiger partial charge in [0.05, 0.1) is 5.41 Å². The number of unbranched alkanes of at least 4 members (excludes halogenated alkanes) is 12. The van der Waals surface area contributed by atoms with E-state index in [0.29, 0.717) is 12.5 Å². The molecule has 4 N–H and O–H groups in total. The third-order valence-corrected chi connectivity index (χ3v) is 6.64. The SMILES string of the molecule is CCCCCCCCCCCCCCCC(CC)C(CC)(CCN)C(N)=O. The van der Waals surface area contributed by atoms with Gasteiger partial charge in [0.1, 0.15) is 0 Å². The van der Waals surface area contributed by atoms with Gasteiger partial charge in [-0.3, -0.25) is 4.79 Å². The topological polar surface area (TPSA) is 69.1 Å². The first-order valence-corrected chi connectivity index (χ1v) is 12.1. The Morgan fingerprint density at radius 2 is 1.22 bits per heavy atom. The quantitative estimate of drug-likeness (QED) is 0.229. The van der Waals surface area contributed by atoms with Crippen LogP contribution in [0.25, 0.3) is 0 Å². The summed E-state index contributed by atoms with van der Waals surface area (Å²) in [6, 6.07) is 0. The molecule has 162 valence electrons. The van der Waals surface area contributed by atoms with E-state index in [-0.39, 0.29) is 11.3 Å². The fourth-order valence-corrected chi connectivity index (χ4v) is 4.71. The molecule has 0 saturated carbocycles. The summed E-state index contributed by atoms with van der Waals surface area (Å²) in [7, 11) is 0. The molecule has 2 unspecified atom stereocenters. The third-order valence-electron chi connectivity index (χ3n) is 6.64. The Kier molecular flexibility index (Phi) is 17.2. The van der Waals surface area contributed by atoms with Crippen LogP contribution in [0.2, 0.25) is 0 Å². The second-order valence-corrected chi connectivity index (χ2v) is 8.55. The van der Waals surface area contributed by atoms with Crippen molar-refractivity contribution in [1.82, 2.24) is 0 Å².